The summed E-state index contributed by atoms with van der Waals surface area (Å²) in [4.78, 5) is 22.8. The van der Waals surface area contributed by atoms with E-state index < -0.39 is 28.9 Å². The third kappa shape index (κ3) is 1.98. The van der Waals surface area contributed by atoms with E-state index >= 15 is 0 Å². The highest BCUT2D eigenvalue weighted by Crippen LogP contribution is 2.46. The van der Waals surface area contributed by atoms with Crippen molar-refractivity contribution in [3.63, 3.8) is 0 Å². The van der Waals surface area contributed by atoms with Crippen LogP contribution in [0.2, 0.25) is 0 Å². The van der Waals surface area contributed by atoms with E-state index in [0.29, 0.717) is 12.8 Å². The van der Waals surface area contributed by atoms with Crippen LogP contribution in [-0.2, 0) is 9.59 Å². The smallest absolute Gasteiger partial charge is 0.240 e. The second kappa shape index (κ2) is 3.80. The molecule has 1 fully saturated rings. The lowest BCUT2D eigenvalue weighted by molar-refractivity contribution is -0.132. The minimum atomic E-state index is -1.18. The number of amides is 2. The van der Waals surface area contributed by atoms with Crippen LogP contribution in [0.4, 0.5) is 14.5 Å². The number of halogens is 2. The molecule has 0 spiro atoms. The number of hydrogen-bond donors (Lipinski definition) is 2. The Morgan fingerprint density at radius 3 is 2.41 bits per heavy atom. The Balaban J connectivity index is 0.00000162. The Kier molecular flexibility index (Phi) is 2.57. The maximum absolute atomic E-state index is 12.9. The third-order valence-electron chi connectivity index (χ3n) is 2.83. The maximum Gasteiger partial charge on any atom is 0.240 e. The molecule has 4 nitrogen and oxygen atoms in total. The van der Waals surface area contributed by atoms with Gasteiger partial charge < -0.3 is 11.1 Å². The number of anilines is 1. The van der Waals surface area contributed by atoms with Gasteiger partial charge in [-0.1, -0.05) is 0 Å². The van der Waals surface area contributed by atoms with Crippen molar-refractivity contribution in [2.24, 2.45) is 11.1 Å². The van der Waals surface area contributed by atoms with Gasteiger partial charge >= 0.3 is 0 Å². The van der Waals surface area contributed by atoms with Crippen LogP contribution in [0.1, 0.15) is 15.7 Å². The van der Waals surface area contributed by atoms with Crippen molar-refractivity contribution in [3.05, 3.63) is 29.8 Å². The van der Waals surface area contributed by atoms with Gasteiger partial charge in [-0.3, -0.25) is 9.59 Å². The van der Waals surface area contributed by atoms with Crippen LogP contribution in [0.5, 0.6) is 0 Å². The summed E-state index contributed by atoms with van der Waals surface area (Å²) in [5, 5.41) is 2.35. The van der Waals surface area contributed by atoms with Crippen molar-refractivity contribution in [1.82, 2.24) is 0 Å². The van der Waals surface area contributed by atoms with Gasteiger partial charge in [0.1, 0.15) is 5.41 Å². The zero-order chi connectivity index (χ0) is 12.6. The van der Waals surface area contributed by atoms with Crippen molar-refractivity contribution in [2.45, 2.75) is 12.8 Å². The zero-order valence-electron chi connectivity index (χ0n) is 8.80. The lowest BCUT2D eigenvalue weighted by Gasteiger charge is -2.11. The van der Waals surface area contributed by atoms with Crippen LogP contribution in [0.25, 0.3) is 0 Å². The normalized spacial score (nSPS) is 16.4. The SMILES string of the molecule is NC(=O)C1(C(=O)Nc2ccc(F)c(F)c2)CC1.[HH].[HH]. The highest BCUT2D eigenvalue weighted by Gasteiger charge is 2.55. The van der Waals surface area contributed by atoms with E-state index in [-0.39, 0.29) is 8.54 Å². The Labute approximate surface area is 98.8 Å². The first-order valence-corrected chi connectivity index (χ1v) is 5.02. The van der Waals surface area contributed by atoms with Crippen LogP contribution >= 0.6 is 0 Å². The summed E-state index contributed by atoms with van der Waals surface area (Å²) in [5.41, 5.74) is 4.03. The summed E-state index contributed by atoms with van der Waals surface area (Å²) in [6.45, 7) is 0. The minimum absolute atomic E-state index is 0. The maximum atomic E-state index is 12.9. The molecule has 0 radical (unpaired) electrons. The third-order valence-corrected chi connectivity index (χ3v) is 2.83. The Hall–Kier alpha value is -1.98. The average Bonchev–Trinajstić information content (AvgIpc) is 3.04. The Bertz CT molecular complexity index is 507. The van der Waals surface area contributed by atoms with Crippen LogP contribution in [-0.4, -0.2) is 11.8 Å². The molecule has 6 heteroatoms. The molecule has 0 heterocycles. The van der Waals surface area contributed by atoms with E-state index in [4.69, 9.17) is 5.73 Å². The fourth-order valence-electron chi connectivity index (χ4n) is 1.53. The van der Waals surface area contributed by atoms with Gasteiger partial charge in [-0.2, -0.15) is 0 Å². The fourth-order valence-corrected chi connectivity index (χ4v) is 1.53. The molecular weight excluding hydrogens is 230 g/mol. The van der Waals surface area contributed by atoms with Gasteiger partial charge in [0.05, 0.1) is 0 Å². The summed E-state index contributed by atoms with van der Waals surface area (Å²) in [7, 11) is 0. The molecule has 0 aromatic heterocycles. The van der Waals surface area contributed by atoms with Gasteiger partial charge in [-0.05, 0) is 25.0 Å². The van der Waals surface area contributed by atoms with Crippen molar-refractivity contribution in [2.75, 3.05) is 5.32 Å². The molecule has 3 N–H and O–H groups in total. The van der Waals surface area contributed by atoms with Crippen molar-refractivity contribution < 1.29 is 21.2 Å². The van der Waals surface area contributed by atoms with Crippen molar-refractivity contribution >= 4 is 17.5 Å². The van der Waals surface area contributed by atoms with E-state index in [1.54, 1.807) is 0 Å². The first-order valence-electron chi connectivity index (χ1n) is 5.02. The molecule has 1 aliphatic rings. The van der Waals surface area contributed by atoms with Gasteiger partial charge in [0.15, 0.2) is 11.6 Å². The topological polar surface area (TPSA) is 72.2 Å². The monoisotopic (exact) mass is 244 g/mol. The molecule has 17 heavy (non-hydrogen) atoms. The van der Waals surface area contributed by atoms with Crippen LogP contribution in [0.3, 0.4) is 0 Å². The van der Waals surface area contributed by atoms with Gasteiger partial charge in [0, 0.05) is 14.6 Å². The molecule has 1 aromatic rings. The molecule has 94 valence electrons. The first-order chi connectivity index (χ1) is 7.95. The van der Waals surface area contributed by atoms with Gasteiger partial charge in [0.2, 0.25) is 11.8 Å². The summed E-state index contributed by atoms with van der Waals surface area (Å²) in [5.74, 6) is -3.33. The summed E-state index contributed by atoms with van der Waals surface area (Å²) in [6, 6.07) is 2.96. The van der Waals surface area contributed by atoms with Crippen LogP contribution < -0.4 is 11.1 Å². The zero-order valence-corrected chi connectivity index (χ0v) is 8.80. The van der Waals surface area contributed by atoms with Crippen molar-refractivity contribution in [1.29, 1.82) is 0 Å². The Morgan fingerprint density at radius 2 is 1.94 bits per heavy atom. The van der Waals surface area contributed by atoms with Gasteiger partial charge in [-0.25, -0.2) is 8.78 Å². The summed E-state index contributed by atoms with van der Waals surface area (Å²) < 4.78 is 25.5. The molecule has 0 atom stereocenters. The predicted molar refractivity (Wildman–Crippen MR) is 60.1 cm³/mol. The van der Waals surface area contributed by atoms with Crippen LogP contribution in [0, 0.1) is 17.0 Å². The number of carbonyl (C=O) groups is 2. The van der Waals surface area contributed by atoms with Gasteiger partial charge in [0.25, 0.3) is 0 Å². The van der Waals surface area contributed by atoms with E-state index in [1.807, 2.05) is 0 Å². The number of primary amides is 1. The molecule has 2 rings (SSSR count). The highest BCUT2D eigenvalue weighted by molar-refractivity contribution is 6.12. The van der Waals surface area contributed by atoms with Crippen molar-refractivity contribution in [3.8, 4) is 0 Å². The number of rotatable bonds is 3. The molecule has 0 aliphatic heterocycles. The largest absolute Gasteiger partial charge is 0.369 e. The highest BCUT2D eigenvalue weighted by atomic mass is 19.2. The lowest BCUT2D eigenvalue weighted by Crippen LogP contribution is -2.36. The van der Waals surface area contributed by atoms with E-state index in [9.17, 15) is 18.4 Å². The number of nitrogens with two attached hydrogens (primary N) is 1. The molecule has 0 unspecified atom stereocenters. The molecule has 0 bridgehead atoms. The molecule has 1 aromatic carbocycles. The van der Waals surface area contributed by atoms with E-state index in [1.165, 1.54) is 6.07 Å². The second-order valence-corrected chi connectivity index (χ2v) is 4.03. The summed E-state index contributed by atoms with van der Waals surface area (Å²) >= 11 is 0. The first kappa shape index (κ1) is 11.5. The van der Waals surface area contributed by atoms with Gasteiger partial charge in [-0.15, -0.1) is 0 Å². The number of hydrogen-bond acceptors (Lipinski definition) is 2. The fraction of sp³-hybridized carbons (Fsp3) is 0.273. The quantitative estimate of drug-likeness (QED) is 0.794. The van der Waals surface area contributed by atoms with E-state index in [0.717, 1.165) is 12.1 Å². The molecule has 1 saturated carbocycles. The predicted octanol–water partition coefficient (Wildman–Crippen LogP) is 1.66. The van der Waals surface area contributed by atoms with E-state index in [2.05, 4.69) is 5.32 Å². The average molecular weight is 244 g/mol. The van der Waals surface area contributed by atoms with Crippen LogP contribution in [0.15, 0.2) is 18.2 Å². The summed E-state index contributed by atoms with van der Waals surface area (Å²) in [6.07, 6.45) is 0.773. The molecule has 1 aliphatic carbocycles. The number of carbonyl (C=O) groups excluding carboxylic acids is 2. The number of nitrogens with one attached hydrogen (secondary N) is 1. The minimum Gasteiger partial charge on any atom is -0.369 e. The second-order valence-electron chi connectivity index (χ2n) is 4.03. The molecule has 0 saturated heterocycles. The lowest BCUT2D eigenvalue weighted by atomic mass is 10.1. The molecular formula is C11H14F2N2O2. The standard InChI is InChI=1S/C11H10F2N2O2.2H2/c12-7-2-1-6(5-8(7)13)15-10(17)11(3-4-11)9(14)16;;/h1-2,5H,3-4H2,(H2,14,16)(H,15,17);2*1H. The number of benzene rings is 1. The molecule has 2 amide bonds. The Morgan fingerprint density at radius 1 is 1.29 bits per heavy atom.